The summed E-state index contributed by atoms with van der Waals surface area (Å²) in [6.45, 7) is 4.33. The van der Waals surface area contributed by atoms with Crippen molar-refractivity contribution in [3.8, 4) is 0 Å². The summed E-state index contributed by atoms with van der Waals surface area (Å²) >= 11 is 7.38. The summed E-state index contributed by atoms with van der Waals surface area (Å²) in [7, 11) is 0. The summed E-state index contributed by atoms with van der Waals surface area (Å²) in [4.78, 5) is 19.3. The molecule has 1 saturated heterocycles. The van der Waals surface area contributed by atoms with Gasteiger partial charge < -0.3 is 14.8 Å². The third kappa shape index (κ3) is 4.84. The Kier molecular flexibility index (Phi) is 6.75. The highest BCUT2D eigenvalue weighted by Crippen LogP contribution is 2.42. The van der Waals surface area contributed by atoms with Crippen molar-refractivity contribution >= 4 is 40.5 Å². The summed E-state index contributed by atoms with van der Waals surface area (Å²) < 4.78 is 2.20. The maximum Gasteiger partial charge on any atom is 0.269 e. The highest BCUT2D eigenvalue weighted by Gasteiger charge is 2.41. The average Bonchev–Trinajstić information content (AvgIpc) is 3.50. The molecule has 0 unspecified atom stereocenters. The number of thiocarbonyl (C=S) groups is 1. The van der Waals surface area contributed by atoms with E-state index in [1.807, 2.05) is 24.4 Å². The van der Waals surface area contributed by atoms with Gasteiger partial charge >= 0.3 is 0 Å². The second-order valence-corrected chi connectivity index (χ2v) is 10.4. The van der Waals surface area contributed by atoms with E-state index in [4.69, 9.17) is 12.2 Å². The zero-order valence-corrected chi connectivity index (χ0v) is 21.4. The zero-order valence-electron chi connectivity index (χ0n) is 19.8. The van der Waals surface area contributed by atoms with Gasteiger partial charge in [-0.05, 0) is 86.2 Å². The summed E-state index contributed by atoms with van der Waals surface area (Å²) in [6.07, 6.45) is 6.11. The van der Waals surface area contributed by atoms with E-state index in [1.54, 1.807) is 23.9 Å². The summed E-state index contributed by atoms with van der Waals surface area (Å²) in [6, 6.07) is 23.1. The summed E-state index contributed by atoms with van der Waals surface area (Å²) in [5.41, 5.74) is 3.18. The van der Waals surface area contributed by atoms with Crippen LogP contribution in [-0.2, 0) is 0 Å². The number of nitro benzene ring substituents is 1. The molecule has 182 valence electrons. The molecule has 1 fully saturated rings. The lowest BCUT2D eigenvalue weighted by atomic mass is 9.98. The molecule has 5 rings (SSSR count). The number of anilines is 1. The van der Waals surface area contributed by atoms with Gasteiger partial charge in [0, 0.05) is 52.2 Å². The summed E-state index contributed by atoms with van der Waals surface area (Å²) in [5.74, 6) is 0. The van der Waals surface area contributed by atoms with Gasteiger partial charge in [-0.1, -0.05) is 17.8 Å². The Morgan fingerprint density at radius 3 is 2.31 bits per heavy atom. The first kappa shape index (κ1) is 24.0. The quantitative estimate of drug-likeness (QED) is 0.167. The fourth-order valence-corrected chi connectivity index (χ4v) is 5.51. The molecule has 1 N–H and O–H groups in total. The number of nitro groups is 1. The molecule has 0 amide bonds. The molecule has 0 radical (unpaired) electrons. The van der Waals surface area contributed by atoms with Crippen molar-refractivity contribution < 1.29 is 4.92 Å². The fourth-order valence-electron chi connectivity index (χ4n) is 4.35. The average molecular weight is 516 g/mol. The molecule has 2 atom stereocenters. The van der Waals surface area contributed by atoms with Crippen molar-refractivity contribution in [2.75, 3.05) is 4.90 Å². The lowest BCUT2D eigenvalue weighted by Gasteiger charge is -2.27. The van der Waals surface area contributed by atoms with Crippen molar-refractivity contribution in [2.24, 2.45) is 0 Å². The van der Waals surface area contributed by atoms with Crippen LogP contribution in [0.2, 0.25) is 0 Å². The summed E-state index contributed by atoms with van der Waals surface area (Å²) in [5, 5.41) is 15.1. The van der Waals surface area contributed by atoms with Crippen molar-refractivity contribution in [2.45, 2.75) is 41.8 Å². The molecule has 0 bridgehead atoms. The number of nitrogens with one attached hydrogen (secondary N) is 1. The van der Waals surface area contributed by atoms with Crippen LogP contribution in [0.15, 0.2) is 101 Å². The van der Waals surface area contributed by atoms with E-state index in [-0.39, 0.29) is 22.7 Å². The number of non-ortho nitro benzene ring substituents is 1. The molecule has 3 heterocycles. The van der Waals surface area contributed by atoms with Crippen LogP contribution in [0, 0.1) is 10.1 Å². The molecule has 2 aromatic heterocycles. The van der Waals surface area contributed by atoms with Gasteiger partial charge in [-0.15, -0.1) is 0 Å². The molecule has 2 aromatic carbocycles. The van der Waals surface area contributed by atoms with Gasteiger partial charge in [0.25, 0.3) is 5.69 Å². The molecule has 1 aliphatic rings. The first-order chi connectivity index (χ1) is 17.4. The first-order valence-corrected chi connectivity index (χ1v) is 12.8. The third-order valence-electron chi connectivity index (χ3n) is 6.17. The van der Waals surface area contributed by atoms with E-state index in [0.29, 0.717) is 11.2 Å². The molecule has 1 aliphatic heterocycles. The fraction of sp³-hybridized carbons (Fsp3) is 0.185. The minimum atomic E-state index is -0.389. The molecule has 0 saturated carbocycles. The van der Waals surface area contributed by atoms with Crippen molar-refractivity contribution in [1.82, 2.24) is 14.9 Å². The molecule has 9 heteroatoms. The highest BCUT2D eigenvalue weighted by atomic mass is 32.2. The van der Waals surface area contributed by atoms with Crippen molar-refractivity contribution in [1.29, 1.82) is 0 Å². The van der Waals surface area contributed by atoms with Gasteiger partial charge in [0.2, 0.25) is 0 Å². The molecule has 0 spiro atoms. The maximum absolute atomic E-state index is 10.9. The van der Waals surface area contributed by atoms with Crippen molar-refractivity contribution in [3.05, 3.63) is 113 Å². The SMILES string of the molecule is CC(C)n1ccc([C@H]2[C@@H](c3ccccn3)NC(=S)N2c2ccc(Sc3ccc([N+](=O)[O-])cc3)cc2)c1. The Hall–Kier alpha value is -3.69. The van der Waals surface area contributed by atoms with E-state index in [9.17, 15) is 10.1 Å². The number of hydrogen-bond acceptors (Lipinski definition) is 5. The predicted molar refractivity (Wildman–Crippen MR) is 146 cm³/mol. The Balaban J connectivity index is 1.44. The van der Waals surface area contributed by atoms with Crippen LogP contribution in [0.4, 0.5) is 11.4 Å². The van der Waals surface area contributed by atoms with E-state index in [0.717, 1.165) is 26.7 Å². The zero-order chi connectivity index (χ0) is 25.2. The van der Waals surface area contributed by atoms with Crippen LogP contribution in [-0.4, -0.2) is 19.6 Å². The third-order valence-corrected chi connectivity index (χ3v) is 7.50. The highest BCUT2D eigenvalue weighted by molar-refractivity contribution is 7.99. The van der Waals surface area contributed by atoms with Crippen LogP contribution >= 0.6 is 24.0 Å². The van der Waals surface area contributed by atoms with E-state index < -0.39 is 0 Å². The van der Waals surface area contributed by atoms with Gasteiger partial charge in [0.1, 0.15) is 0 Å². The Bertz CT molecular complexity index is 1370. The van der Waals surface area contributed by atoms with E-state index in [1.165, 1.54) is 12.1 Å². The lowest BCUT2D eigenvalue weighted by molar-refractivity contribution is -0.384. The molecule has 0 aliphatic carbocycles. The smallest absolute Gasteiger partial charge is 0.269 e. The molecule has 36 heavy (non-hydrogen) atoms. The second-order valence-electron chi connectivity index (χ2n) is 8.83. The van der Waals surface area contributed by atoms with Gasteiger partial charge in [-0.3, -0.25) is 15.1 Å². The molecular weight excluding hydrogens is 490 g/mol. The van der Waals surface area contributed by atoms with Crippen molar-refractivity contribution in [3.63, 3.8) is 0 Å². The van der Waals surface area contributed by atoms with Gasteiger partial charge in [0.15, 0.2) is 5.11 Å². The number of hydrogen-bond donors (Lipinski definition) is 1. The lowest BCUT2D eigenvalue weighted by Crippen LogP contribution is -2.29. The minimum absolute atomic E-state index is 0.0550. The van der Waals surface area contributed by atoms with Crippen LogP contribution < -0.4 is 10.2 Å². The number of nitrogens with zero attached hydrogens (tertiary/aromatic N) is 4. The van der Waals surface area contributed by atoms with E-state index >= 15 is 0 Å². The molecule has 4 aromatic rings. The minimum Gasteiger partial charge on any atom is -0.351 e. The topological polar surface area (TPSA) is 76.2 Å². The van der Waals surface area contributed by atoms with Gasteiger partial charge in [-0.25, -0.2) is 0 Å². The second kappa shape index (κ2) is 10.1. The van der Waals surface area contributed by atoms with Crippen LogP contribution in [0.25, 0.3) is 0 Å². The number of benzene rings is 2. The predicted octanol–water partition coefficient (Wildman–Crippen LogP) is 6.70. The molecule has 7 nitrogen and oxygen atoms in total. The van der Waals surface area contributed by atoms with Gasteiger partial charge in [0.05, 0.1) is 22.7 Å². The Morgan fingerprint density at radius 2 is 1.72 bits per heavy atom. The molecular formula is C27H25N5O2S2. The Morgan fingerprint density at radius 1 is 1.03 bits per heavy atom. The van der Waals surface area contributed by atoms with Crippen LogP contribution in [0.5, 0.6) is 0 Å². The monoisotopic (exact) mass is 515 g/mol. The van der Waals surface area contributed by atoms with E-state index in [2.05, 4.69) is 76.3 Å². The standard InChI is InChI=1S/C27H25N5O2S2/c1-18(2)30-16-14-19(17-30)26-25(24-5-3-4-15-28-24)29-27(35)31(26)20-6-10-22(11-7-20)36-23-12-8-21(9-13-23)32(33)34/h3-18,25-26H,1-2H3,(H,29,35)/t25-,26+/m1/s1. The number of pyridine rings is 1. The normalized spacial score (nSPS) is 17.4. The van der Waals surface area contributed by atoms with Crippen LogP contribution in [0.3, 0.4) is 0 Å². The maximum atomic E-state index is 10.9. The first-order valence-electron chi connectivity index (χ1n) is 11.6. The number of rotatable bonds is 7. The van der Waals surface area contributed by atoms with Gasteiger partial charge in [-0.2, -0.15) is 0 Å². The number of aromatic nitrogens is 2. The largest absolute Gasteiger partial charge is 0.351 e. The van der Waals surface area contributed by atoms with Crippen LogP contribution in [0.1, 0.15) is 43.2 Å². The Labute approximate surface area is 219 Å².